The Labute approximate surface area is 143 Å². The van der Waals surface area contributed by atoms with Gasteiger partial charge in [0.05, 0.1) is 11.3 Å². The summed E-state index contributed by atoms with van der Waals surface area (Å²) in [5.41, 5.74) is 2.87. The fourth-order valence-corrected chi connectivity index (χ4v) is 4.19. The maximum atomic E-state index is 12.4. The lowest BCUT2D eigenvalue weighted by Crippen LogP contribution is -2.27. The van der Waals surface area contributed by atoms with Crippen molar-refractivity contribution < 1.29 is 4.79 Å². The lowest BCUT2D eigenvalue weighted by atomic mass is 10.1. The van der Waals surface area contributed by atoms with Crippen LogP contribution in [-0.4, -0.2) is 16.6 Å². The number of nitrogens with zero attached hydrogens (tertiary/aromatic N) is 2. The highest BCUT2D eigenvalue weighted by Crippen LogP contribution is 2.43. The molecular formula is C18H13ClN2OS. The van der Waals surface area contributed by atoms with Crippen molar-refractivity contribution >= 4 is 45.9 Å². The predicted molar refractivity (Wildman–Crippen MR) is 95.9 cm³/mol. The molecule has 0 spiro atoms. The largest absolute Gasteiger partial charge is 0.295 e. The molecule has 0 aliphatic carbocycles. The molecule has 0 bridgehead atoms. The molecular weight excluding hydrogens is 328 g/mol. The zero-order valence-electron chi connectivity index (χ0n) is 12.1. The molecule has 1 atom stereocenters. The van der Waals surface area contributed by atoms with E-state index >= 15 is 0 Å². The summed E-state index contributed by atoms with van der Waals surface area (Å²) < 4.78 is 0. The van der Waals surface area contributed by atoms with E-state index in [0.29, 0.717) is 10.8 Å². The first-order valence-electron chi connectivity index (χ1n) is 7.27. The molecule has 2 heterocycles. The number of aromatic nitrogens is 1. The van der Waals surface area contributed by atoms with Crippen molar-refractivity contribution in [3.63, 3.8) is 0 Å². The maximum absolute atomic E-state index is 12.4. The fraction of sp³-hybridized carbons (Fsp3) is 0.111. The van der Waals surface area contributed by atoms with Crippen LogP contribution in [0.1, 0.15) is 10.9 Å². The third-order valence-electron chi connectivity index (χ3n) is 3.90. The van der Waals surface area contributed by atoms with Crippen molar-refractivity contribution in [3.8, 4) is 0 Å². The molecule has 0 N–H and O–H groups in total. The molecule has 23 heavy (non-hydrogen) atoms. The number of amides is 1. The van der Waals surface area contributed by atoms with E-state index in [1.165, 1.54) is 0 Å². The van der Waals surface area contributed by atoms with Gasteiger partial charge in [0, 0.05) is 27.9 Å². The standard InChI is InChI=1S/C18H13ClN2OS/c19-13-6-8-14(9-7-13)21-16(22)11-23-18(21)15-5-1-3-12-4-2-10-20-17(12)15/h1-10,18H,11H2/t18-/m1/s1. The zero-order chi connectivity index (χ0) is 15.8. The van der Waals surface area contributed by atoms with Crippen LogP contribution >= 0.6 is 23.4 Å². The minimum atomic E-state index is -0.0673. The number of hydrogen-bond acceptors (Lipinski definition) is 3. The number of rotatable bonds is 2. The highest BCUT2D eigenvalue weighted by Gasteiger charge is 2.35. The monoisotopic (exact) mass is 340 g/mol. The summed E-state index contributed by atoms with van der Waals surface area (Å²) in [4.78, 5) is 18.8. The SMILES string of the molecule is O=C1CS[C@H](c2cccc3cccnc23)N1c1ccc(Cl)cc1. The quantitative estimate of drug-likeness (QED) is 0.680. The summed E-state index contributed by atoms with van der Waals surface area (Å²) >= 11 is 7.60. The van der Waals surface area contributed by atoms with Crippen LogP contribution in [0.3, 0.4) is 0 Å². The second kappa shape index (κ2) is 5.87. The van der Waals surface area contributed by atoms with E-state index in [1.807, 2.05) is 53.4 Å². The summed E-state index contributed by atoms with van der Waals surface area (Å²) in [5, 5.41) is 1.68. The van der Waals surface area contributed by atoms with E-state index in [0.717, 1.165) is 22.2 Å². The van der Waals surface area contributed by atoms with Crippen LogP contribution in [0.25, 0.3) is 10.9 Å². The first-order valence-corrected chi connectivity index (χ1v) is 8.69. The van der Waals surface area contributed by atoms with Gasteiger partial charge in [-0.15, -0.1) is 11.8 Å². The molecule has 1 saturated heterocycles. The lowest BCUT2D eigenvalue weighted by molar-refractivity contribution is -0.115. The number of anilines is 1. The molecule has 1 aliphatic heterocycles. The van der Waals surface area contributed by atoms with Gasteiger partial charge >= 0.3 is 0 Å². The summed E-state index contributed by atoms with van der Waals surface area (Å²) in [6.45, 7) is 0. The van der Waals surface area contributed by atoms with Gasteiger partial charge in [-0.05, 0) is 30.3 Å². The van der Waals surface area contributed by atoms with Crippen molar-refractivity contribution in [2.24, 2.45) is 0 Å². The van der Waals surface area contributed by atoms with E-state index in [4.69, 9.17) is 11.6 Å². The van der Waals surface area contributed by atoms with Gasteiger partial charge in [-0.25, -0.2) is 0 Å². The normalized spacial score (nSPS) is 17.9. The Morgan fingerprint density at radius 1 is 1.09 bits per heavy atom. The predicted octanol–water partition coefficient (Wildman–Crippen LogP) is 4.67. The highest BCUT2D eigenvalue weighted by molar-refractivity contribution is 8.00. The minimum absolute atomic E-state index is 0.0673. The van der Waals surface area contributed by atoms with E-state index in [2.05, 4.69) is 11.1 Å². The number of hydrogen-bond donors (Lipinski definition) is 0. The van der Waals surface area contributed by atoms with Gasteiger partial charge in [0.2, 0.25) is 5.91 Å². The van der Waals surface area contributed by atoms with Gasteiger partial charge < -0.3 is 0 Å². The Bertz CT molecular complexity index is 876. The van der Waals surface area contributed by atoms with Gasteiger partial charge in [0.1, 0.15) is 5.37 Å². The molecule has 3 nitrogen and oxygen atoms in total. The van der Waals surface area contributed by atoms with Gasteiger partial charge in [-0.2, -0.15) is 0 Å². The number of para-hydroxylation sites is 1. The topological polar surface area (TPSA) is 33.2 Å². The molecule has 5 heteroatoms. The molecule has 1 fully saturated rings. The number of carbonyl (C=O) groups excluding carboxylic acids is 1. The first kappa shape index (κ1) is 14.5. The highest BCUT2D eigenvalue weighted by atomic mass is 35.5. The number of pyridine rings is 1. The molecule has 0 saturated carbocycles. The van der Waals surface area contributed by atoms with Crippen LogP contribution in [0.2, 0.25) is 5.02 Å². The maximum Gasteiger partial charge on any atom is 0.238 e. The molecule has 1 aliphatic rings. The smallest absolute Gasteiger partial charge is 0.238 e. The summed E-state index contributed by atoms with van der Waals surface area (Å²) in [6, 6.07) is 17.5. The molecule has 1 aromatic heterocycles. The minimum Gasteiger partial charge on any atom is -0.295 e. The van der Waals surface area contributed by atoms with Crippen molar-refractivity contribution in [2.75, 3.05) is 10.7 Å². The Morgan fingerprint density at radius 2 is 1.87 bits per heavy atom. The molecule has 3 aromatic rings. The molecule has 0 radical (unpaired) electrons. The Morgan fingerprint density at radius 3 is 2.70 bits per heavy atom. The van der Waals surface area contributed by atoms with E-state index in [-0.39, 0.29) is 11.3 Å². The summed E-state index contributed by atoms with van der Waals surface area (Å²) in [7, 11) is 0. The molecule has 2 aromatic carbocycles. The Hall–Kier alpha value is -2.04. The van der Waals surface area contributed by atoms with E-state index < -0.39 is 0 Å². The average molecular weight is 341 g/mol. The van der Waals surface area contributed by atoms with Crippen LogP contribution < -0.4 is 4.90 Å². The van der Waals surface area contributed by atoms with Gasteiger partial charge in [-0.1, -0.05) is 35.9 Å². The van der Waals surface area contributed by atoms with Crippen molar-refractivity contribution in [2.45, 2.75) is 5.37 Å². The number of carbonyl (C=O) groups is 1. The van der Waals surface area contributed by atoms with Crippen molar-refractivity contribution in [1.82, 2.24) is 4.98 Å². The summed E-state index contributed by atoms with van der Waals surface area (Å²) in [6.07, 6.45) is 1.79. The summed E-state index contributed by atoms with van der Waals surface area (Å²) in [5.74, 6) is 0.575. The second-order valence-electron chi connectivity index (χ2n) is 5.33. The molecule has 4 rings (SSSR count). The van der Waals surface area contributed by atoms with Gasteiger partial charge in [-0.3, -0.25) is 14.7 Å². The average Bonchev–Trinajstić information content (AvgIpc) is 2.96. The third-order valence-corrected chi connectivity index (χ3v) is 5.35. The van der Waals surface area contributed by atoms with Crippen LogP contribution in [0, 0.1) is 0 Å². The van der Waals surface area contributed by atoms with Gasteiger partial charge in [0.25, 0.3) is 0 Å². The van der Waals surface area contributed by atoms with Gasteiger partial charge in [0.15, 0.2) is 0 Å². The number of halogens is 1. The fourth-order valence-electron chi connectivity index (χ4n) is 2.86. The third kappa shape index (κ3) is 2.58. The van der Waals surface area contributed by atoms with Crippen LogP contribution in [0.5, 0.6) is 0 Å². The van der Waals surface area contributed by atoms with Crippen LogP contribution in [-0.2, 0) is 4.79 Å². The first-order chi connectivity index (χ1) is 11.2. The molecule has 0 unspecified atom stereocenters. The van der Waals surface area contributed by atoms with E-state index in [9.17, 15) is 4.79 Å². The number of fused-ring (bicyclic) bond motifs is 1. The Kier molecular flexibility index (Phi) is 3.71. The van der Waals surface area contributed by atoms with Crippen molar-refractivity contribution in [3.05, 3.63) is 71.4 Å². The Balaban J connectivity index is 1.83. The lowest BCUT2D eigenvalue weighted by Gasteiger charge is -2.25. The second-order valence-corrected chi connectivity index (χ2v) is 6.83. The van der Waals surface area contributed by atoms with Crippen LogP contribution in [0.15, 0.2) is 60.8 Å². The molecule has 114 valence electrons. The zero-order valence-corrected chi connectivity index (χ0v) is 13.7. The van der Waals surface area contributed by atoms with E-state index in [1.54, 1.807) is 18.0 Å². The van der Waals surface area contributed by atoms with Crippen molar-refractivity contribution in [1.29, 1.82) is 0 Å². The molecule has 1 amide bonds. The number of benzene rings is 2. The number of thioether (sulfide) groups is 1. The van der Waals surface area contributed by atoms with Crippen LogP contribution in [0.4, 0.5) is 5.69 Å².